The number of aryl methyl sites for hydroxylation is 1. The van der Waals surface area contributed by atoms with Gasteiger partial charge in [-0.05, 0) is 65.4 Å². The van der Waals surface area contributed by atoms with Crippen molar-refractivity contribution in [1.82, 2.24) is 9.55 Å². The molecule has 0 atom stereocenters. The number of benzene rings is 2. The van der Waals surface area contributed by atoms with E-state index in [2.05, 4.69) is 57.3 Å². The number of imidazole rings is 1. The number of rotatable bonds is 2. The molecule has 20 heavy (non-hydrogen) atoms. The highest BCUT2D eigenvalue weighted by Gasteiger charge is 2.14. The molecule has 0 radical (unpaired) electrons. The van der Waals surface area contributed by atoms with E-state index in [-0.39, 0.29) is 0 Å². The Hall–Kier alpha value is -0.780. The van der Waals surface area contributed by atoms with E-state index in [4.69, 9.17) is 23.2 Å². The second-order valence-electron chi connectivity index (χ2n) is 4.58. The van der Waals surface area contributed by atoms with Crippen LogP contribution in [0.5, 0.6) is 0 Å². The first-order valence-electron chi connectivity index (χ1n) is 6.09. The zero-order chi connectivity index (χ0) is 14.3. The van der Waals surface area contributed by atoms with Crippen LogP contribution in [0.3, 0.4) is 0 Å². The maximum absolute atomic E-state index is 6.06. The Morgan fingerprint density at radius 1 is 1.20 bits per heavy atom. The van der Waals surface area contributed by atoms with Crippen LogP contribution in [0.2, 0.25) is 5.02 Å². The first kappa shape index (κ1) is 14.2. The van der Waals surface area contributed by atoms with Crippen molar-refractivity contribution in [2.75, 3.05) is 0 Å². The van der Waals surface area contributed by atoms with Crippen molar-refractivity contribution >= 4 is 56.8 Å². The van der Waals surface area contributed by atoms with Crippen LogP contribution in [0.25, 0.3) is 16.7 Å². The molecular weight excluding hydrogens is 406 g/mol. The quantitative estimate of drug-likeness (QED) is 0.407. The molecule has 3 aromatic rings. The summed E-state index contributed by atoms with van der Waals surface area (Å²) in [7, 11) is 0. The van der Waals surface area contributed by atoms with E-state index in [0.29, 0.717) is 5.88 Å². The highest BCUT2D eigenvalue weighted by Crippen LogP contribution is 2.28. The largest absolute Gasteiger partial charge is 0.294 e. The van der Waals surface area contributed by atoms with Gasteiger partial charge in [0, 0.05) is 8.59 Å². The van der Waals surface area contributed by atoms with E-state index in [0.717, 1.165) is 31.1 Å². The van der Waals surface area contributed by atoms with Gasteiger partial charge in [0.15, 0.2) is 0 Å². The zero-order valence-electron chi connectivity index (χ0n) is 10.7. The van der Waals surface area contributed by atoms with Crippen molar-refractivity contribution < 1.29 is 0 Å². The molecule has 0 spiro atoms. The minimum atomic E-state index is 0.367. The van der Waals surface area contributed by atoms with E-state index >= 15 is 0 Å². The monoisotopic (exact) mass is 416 g/mol. The van der Waals surface area contributed by atoms with Gasteiger partial charge in [-0.3, -0.25) is 4.57 Å². The molecule has 2 nitrogen and oxygen atoms in total. The topological polar surface area (TPSA) is 17.8 Å². The molecule has 102 valence electrons. The van der Waals surface area contributed by atoms with E-state index in [1.54, 1.807) is 0 Å². The third kappa shape index (κ3) is 2.43. The predicted octanol–water partition coefficient (Wildman–Crippen LogP) is 5.33. The lowest BCUT2D eigenvalue weighted by molar-refractivity contribution is 0.977. The molecular formula is C15H11Cl2IN2. The highest BCUT2D eigenvalue weighted by molar-refractivity contribution is 14.1. The maximum atomic E-state index is 6.06. The normalized spacial score (nSPS) is 11.2. The van der Waals surface area contributed by atoms with Gasteiger partial charge in [0.1, 0.15) is 5.82 Å². The lowest BCUT2D eigenvalue weighted by atomic mass is 10.2. The summed E-state index contributed by atoms with van der Waals surface area (Å²) in [5.74, 6) is 1.21. The average Bonchev–Trinajstić information content (AvgIpc) is 2.76. The van der Waals surface area contributed by atoms with Crippen LogP contribution in [0.4, 0.5) is 0 Å². The molecule has 0 unspecified atom stereocenters. The van der Waals surface area contributed by atoms with Crippen LogP contribution >= 0.6 is 45.8 Å². The van der Waals surface area contributed by atoms with Gasteiger partial charge in [0.05, 0.1) is 22.6 Å². The lowest BCUT2D eigenvalue weighted by Crippen LogP contribution is -2.01. The van der Waals surface area contributed by atoms with Gasteiger partial charge < -0.3 is 0 Å². The third-order valence-electron chi connectivity index (χ3n) is 3.15. The van der Waals surface area contributed by atoms with Crippen molar-refractivity contribution in [3.63, 3.8) is 0 Å². The van der Waals surface area contributed by atoms with Crippen LogP contribution < -0.4 is 0 Å². The summed E-state index contributed by atoms with van der Waals surface area (Å²) < 4.78 is 3.17. The Labute approximate surface area is 140 Å². The summed E-state index contributed by atoms with van der Waals surface area (Å²) >= 11 is 14.4. The Bertz CT molecular complexity index is 796. The van der Waals surface area contributed by atoms with E-state index in [1.807, 2.05) is 18.2 Å². The molecule has 0 fully saturated rings. The molecule has 0 aliphatic heterocycles. The van der Waals surface area contributed by atoms with Gasteiger partial charge in [-0.25, -0.2) is 4.98 Å². The Morgan fingerprint density at radius 2 is 2.00 bits per heavy atom. The van der Waals surface area contributed by atoms with Crippen LogP contribution in [0.1, 0.15) is 11.4 Å². The molecule has 0 N–H and O–H groups in total. The molecule has 0 saturated carbocycles. The standard InChI is InChI=1S/C15H11Cl2IN2/c1-9-2-4-14-12(6-9)19-15(8-16)20(14)13-5-3-10(17)7-11(13)18/h2-7H,8H2,1H3. The number of halogens is 3. The van der Waals surface area contributed by atoms with E-state index < -0.39 is 0 Å². The summed E-state index contributed by atoms with van der Waals surface area (Å²) in [5, 5.41) is 0.728. The van der Waals surface area contributed by atoms with Crippen LogP contribution in [0.15, 0.2) is 36.4 Å². The van der Waals surface area contributed by atoms with Crippen LogP contribution in [0, 0.1) is 10.5 Å². The molecule has 0 saturated heterocycles. The first-order chi connectivity index (χ1) is 9.60. The van der Waals surface area contributed by atoms with Gasteiger partial charge in [-0.15, -0.1) is 11.6 Å². The summed E-state index contributed by atoms with van der Waals surface area (Å²) in [5.41, 5.74) is 4.27. The lowest BCUT2D eigenvalue weighted by Gasteiger charge is -2.10. The van der Waals surface area contributed by atoms with Crippen LogP contribution in [-0.2, 0) is 5.88 Å². The zero-order valence-corrected chi connectivity index (χ0v) is 14.4. The van der Waals surface area contributed by atoms with E-state index in [9.17, 15) is 0 Å². The maximum Gasteiger partial charge on any atom is 0.129 e. The fourth-order valence-electron chi connectivity index (χ4n) is 2.26. The molecule has 1 aromatic heterocycles. The smallest absolute Gasteiger partial charge is 0.129 e. The SMILES string of the molecule is Cc1ccc2c(c1)nc(CCl)n2-c1ccc(Cl)cc1I. The molecule has 3 rings (SSSR count). The summed E-state index contributed by atoms with van der Waals surface area (Å²) in [4.78, 5) is 4.63. The number of alkyl halides is 1. The van der Waals surface area contributed by atoms with Gasteiger partial charge >= 0.3 is 0 Å². The second-order valence-corrected chi connectivity index (χ2v) is 6.45. The first-order valence-corrected chi connectivity index (χ1v) is 8.08. The molecule has 0 aliphatic carbocycles. The predicted molar refractivity (Wildman–Crippen MR) is 93.1 cm³/mol. The number of hydrogen-bond donors (Lipinski definition) is 0. The molecule has 0 bridgehead atoms. The van der Waals surface area contributed by atoms with E-state index in [1.165, 1.54) is 5.56 Å². The van der Waals surface area contributed by atoms with Crippen molar-refractivity contribution in [2.24, 2.45) is 0 Å². The van der Waals surface area contributed by atoms with Gasteiger partial charge in [0.2, 0.25) is 0 Å². The Balaban J connectivity index is 2.34. The van der Waals surface area contributed by atoms with Crippen molar-refractivity contribution in [3.05, 3.63) is 56.4 Å². The minimum absolute atomic E-state index is 0.367. The molecule has 0 amide bonds. The summed E-state index contributed by atoms with van der Waals surface area (Å²) in [6.07, 6.45) is 0. The molecule has 2 aromatic carbocycles. The van der Waals surface area contributed by atoms with Gasteiger partial charge in [-0.2, -0.15) is 0 Å². The Kier molecular flexibility index (Phi) is 3.93. The minimum Gasteiger partial charge on any atom is -0.294 e. The average molecular weight is 417 g/mol. The van der Waals surface area contributed by atoms with Gasteiger partial charge in [-0.1, -0.05) is 17.7 Å². The number of aromatic nitrogens is 2. The molecule has 1 heterocycles. The van der Waals surface area contributed by atoms with Gasteiger partial charge in [0.25, 0.3) is 0 Å². The number of fused-ring (bicyclic) bond motifs is 1. The molecule has 5 heteroatoms. The van der Waals surface area contributed by atoms with Crippen LogP contribution in [-0.4, -0.2) is 9.55 Å². The fourth-order valence-corrected chi connectivity index (χ4v) is 3.55. The number of hydrogen-bond acceptors (Lipinski definition) is 1. The second kappa shape index (κ2) is 5.54. The summed E-state index contributed by atoms with van der Waals surface area (Å²) in [6.45, 7) is 2.06. The Morgan fingerprint density at radius 3 is 2.70 bits per heavy atom. The highest BCUT2D eigenvalue weighted by atomic mass is 127. The number of nitrogens with zero attached hydrogens (tertiary/aromatic N) is 2. The fraction of sp³-hybridized carbons (Fsp3) is 0.133. The molecule has 0 aliphatic rings. The summed E-state index contributed by atoms with van der Waals surface area (Å²) in [6, 6.07) is 12.1. The van der Waals surface area contributed by atoms with Crippen molar-refractivity contribution in [2.45, 2.75) is 12.8 Å². The van der Waals surface area contributed by atoms with Crippen molar-refractivity contribution in [3.8, 4) is 5.69 Å². The van der Waals surface area contributed by atoms with Crippen molar-refractivity contribution in [1.29, 1.82) is 0 Å². The third-order valence-corrected chi connectivity index (χ3v) is 4.49.